The van der Waals surface area contributed by atoms with E-state index in [2.05, 4.69) is 20.6 Å². The number of anilines is 1. The molecule has 2 aromatic heterocycles. The van der Waals surface area contributed by atoms with Crippen molar-refractivity contribution >= 4 is 11.6 Å². The number of hydrogen-bond donors (Lipinski definition) is 2. The number of carbonyl (C=O) groups excluding carboxylic acids is 1. The topological polar surface area (TPSA) is 148 Å². The molecule has 2 aromatic carbocycles. The fourth-order valence-electron chi connectivity index (χ4n) is 3.67. The summed E-state index contributed by atoms with van der Waals surface area (Å²) in [6.45, 7) is 3.22. The van der Waals surface area contributed by atoms with E-state index in [9.17, 15) is 22.8 Å². The van der Waals surface area contributed by atoms with Crippen LogP contribution in [0.4, 0.5) is 18.9 Å². The zero-order valence-electron chi connectivity index (χ0n) is 18.5. The number of halogens is 3. The third-order valence-electron chi connectivity index (χ3n) is 5.41. The van der Waals surface area contributed by atoms with E-state index in [0.29, 0.717) is 17.2 Å². The van der Waals surface area contributed by atoms with Crippen LogP contribution in [0.25, 0.3) is 11.4 Å². The van der Waals surface area contributed by atoms with Crippen molar-refractivity contribution in [3.8, 4) is 11.4 Å². The molecule has 4 aromatic rings. The van der Waals surface area contributed by atoms with Crippen LogP contribution in [-0.2, 0) is 6.18 Å². The van der Waals surface area contributed by atoms with Gasteiger partial charge in [-0.15, -0.1) is 5.10 Å². The lowest BCUT2D eigenvalue weighted by Crippen LogP contribution is -2.28. The highest BCUT2D eigenvalue weighted by atomic mass is 19.4. The molecule has 0 aliphatic rings. The third-order valence-corrected chi connectivity index (χ3v) is 5.41. The van der Waals surface area contributed by atoms with Gasteiger partial charge in [-0.2, -0.15) is 27.6 Å². The minimum absolute atomic E-state index is 0.0740. The molecular formula is C22H19F3N8O2. The van der Waals surface area contributed by atoms with E-state index in [1.807, 2.05) is 0 Å². The molecule has 4 N–H and O–H groups in total. The second-order valence-electron chi connectivity index (χ2n) is 7.83. The molecule has 0 saturated carbocycles. The molecule has 0 spiro atoms. The standard InChI is InChI=1S/C22H19F3N8O2/c1-11(13-6-14(22(23,24)25)8-15(26)7-13)18-10-19(34)33(29-20(18)21(27)35)17-5-3-4-16(9-17)32-12(2)28-30-31-32/h3-11H,26H2,1-2H3,(H2,27,35). The number of aryl methyl sites for hydroxylation is 1. The number of tetrazole rings is 1. The Labute approximate surface area is 196 Å². The van der Waals surface area contributed by atoms with Gasteiger partial charge in [0.2, 0.25) is 0 Å². The maximum absolute atomic E-state index is 13.3. The lowest BCUT2D eigenvalue weighted by molar-refractivity contribution is -0.137. The number of nitrogens with two attached hydrogens (primary N) is 2. The van der Waals surface area contributed by atoms with E-state index in [-0.39, 0.29) is 22.5 Å². The number of nitrogen functional groups attached to an aromatic ring is 1. The van der Waals surface area contributed by atoms with E-state index in [4.69, 9.17) is 11.5 Å². The predicted molar refractivity (Wildman–Crippen MR) is 119 cm³/mol. The van der Waals surface area contributed by atoms with E-state index >= 15 is 0 Å². The second-order valence-corrected chi connectivity index (χ2v) is 7.83. The molecule has 2 heterocycles. The van der Waals surface area contributed by atoms with Crippen LogP contribution in [0.3, 0.4) is 0 Å². The van der Waals surface area contributed by atoms with Crippen LogP contribution in [0.15, 0.2) is 53.3 Å². The smallest absolute Gasteiger partial charge is 0.399 e. The Balaban J connectivity index is 1.83. The van der Waals surface area contributed by atoms with Crippen molar-refractivity contribution in [2.45, 2.75) is 25.9 Å². The normalized spacial score (nSPS) is 12.5. The van der Waals surface area contributed by atoms with Gasteiger partial charge in [0, 0.05) is 17.7 Å². The van der Waals surface area contributed by atoms with Crippen LogP contribution in [-0.4, -0.2) is 35.9 Å². The number of alkyl halides is 3. The molecular weight excluding hydrogens is 465 g/mol. The molecule has 10 nitrogen and oxygen atoms in total. The Morgan fingerprint density at radius 3 is 2.34 bits per heavy atom. The van der Waals surface area contributed by atoms with Crippen LogP contribution in [0.1, 0.15) is 45.8 Å². The number of primary amides is 1. The molecule has 180 valence electrons. The Bertz CT molecular complexity index is 1490. The van der Waals surface area contributed by atoms with E-state index in [0.717, 1.165) is 22.9 Å². The maximum Gasteiger partial charge on any atom is 0.416 e. The molecule has 0 bridgehead atoms. The summed E-state index contributed by atoms with van der Waals surface area (Å²) in [5.41, 5.74) is 10.3. The fraction of sp³-hybridized carbons (Fsp3) is 0.182. The largest absolute Gasteiger partial charge is 0.416 e. The Hall–Kier alpha value is -4.55. The molecule has 0 saturated heterocycles. The highest BCUT2D eigenvalue weighted by Crippen LogP contribution is 2.35. The van der Waals surface area contributed by atoms with Crippen molar-refractivity contribution in [3.63, 3.8) is 0 Å². The average Bonchev–Trinajstić information content (AvgIpc) is 3.23. The number of carbonyl (C=O) groups is 1. The summed E-state index contributed by atoms with van der Waals surface area (Å²) in [7, 11) is 0. The van der Waals surface area contributed by atoms with Gasteiger partial charge in [-0.3, -0.25) is 9.59 Å². The zero-order valence-corrected chi connectivity index (χ0v) is 18.5. The zero-order chi connectivity index (χ0) is 25.5. The number of amides is 1. The van der Waals surface area contributed by atoms with Crippen LogP contribution >= 0.6 is 0 Å². The second kappa shape index (κ2) is 8.66. The first-order chi connectivity index (χ1) is 16.5. The highest BCUT2D eigenvalue weighted by molar-refractivity contribution is 5.92. The molecule has 13 heteroatoms. The summed E-state index contributed by atoms with van der Waals surface area (Å²) in [6, 6.07) is 10.7. The lowest BCUT2D eigenvalue weighted by Gasteiger charge is -2.18. The summed E-state index contributed by atoms with van der Waals surface area (Å²) >= 11 is 0. The van der Waals surface area contributed by atoms with E-state index in [1.165, 1.54) is 17.7 Å². The van der Waals surface area contributed by atoms with Crippen molar-refractivity contribution in [2.75, 3.05) is 5.73 Å². The van der Waals surface area contributed by atoms with Crippen molar-refractivity contribution in [1.29, 1.82) is 0 Å². The molecule has 4 rings (SSSR count). The summed E-state index contributed by atoms with van der Waals surface area (Å²) in [5, 5.41) is 15.4. The highest BCUT2D eigenvalue weighted by Gasteiger charge is 2.32. The summed E-state index contributed by atoms with van der Waals surface area (Å²) in [6.07, 6.45) is -4.62. The number of aromatic nitrogens is 6. The maximum atomic E-state index is 13.3. The SMILES string of the molecule is Cc1nnnn1-c1cccc(-n2nc(C(N)=O)c(C(C)c3cc(N)cc(C(F)(F)F)c3)cc2=O)c1. The molecule has 0 aliphatic carbocycles. The molecule has 1 atom stereocenters. The van der Waals surface area contributed by atoms with Crippen molar-refractivity contribution < 1.29 is 18.0 Å². The summed E-state index contributed by atoms with van der Waals surface area (Å²) in [5.74, 6) is -1.29. The summed E-state index contributed by atoms with van der Waals surface area (Å²) in [4.78, 5) is 25.3. The van der Waals surface area contributed by atoms with Crippen LogP contribution in [0, 0.1) is 6.92 Å². The molecule has 1 amide bonds. The lowest BCUT2D eigenvalue weighted by atomic mass is 9.90. The quantitative estimate of drug-likeness (QED) is 0.413. The average molecular weight is 484 g/mol. The minimum atomic E-state index is -4.62. The fourth-order valence-corrected chi connectivity index (χ4v) is 3.67. The van der Waals surface area contributed by atoms with Gasteiger partial charge in [0.15, 0.2) is 11.5 Å². The van der Waals surface area contributed by atoms with Gasteiger partial charge in [-0.1, -0.05) is 13.0 Å². The molecule has 0 fully saturated rings. The van der Waals surface area contributed by atoms with Crippen molar-refractivity contribution in [2.24, 2.45) is 5.73 Å². The van der Waals surface area contributed by atoms with Gasteiger partial charge >= 0.3 is 6.18 Å². The van der Waals surface area contributed by atoms with Gasteiger partial charge in [0.05, 0.1) is 16.9 Å². The molecule has 0 aliphatic heterocycles. The van der Waals surface area contributed by atoms with Crippen LogP contribution in [0.2, 0.25) is 0 Å². The van der Waals surface area contributed by atoms with Gasteiger partial charge < -0.3 is 11.5 Å². The number of nitrogens with zero attached hydrogens (tertiary/aromatic N) is 6. The van der Waals surface area contributed by atoms with Gasteiger partial charge in [0.25, 0.3) is 11.5 Å². The third kappa shape index (κ3) is 4.60. The number of hydrogen-bond acceptors (Lipinski definition) is 7. The van der Waals surface area contributed by atoms with Gasteiger partial charge in [-0.25, -0.2) is 0 Å². The Kier molecular flexibility index (Phi) is 5.84. The van der Waals surface area contributed by atoms with Gasteiger partial charge in [-0.05, 0) is 64.9 Å². The van der Waals surface area contributed by atoms with E-state index in [1.54, 1.807) is 31.2 Å². The first kappa shape index (κ1) is 23.6. The van der Waals surface area contributed by atoms with Crippen LogP contribution in [0.5, 0.6) is 0 Å². The number of rotatable bonds is 5. The van der Waals surface area contributed by atoms with Gasteiger partial charge in [0.1, 0.15) is 0 Å². The monoisotopic (exact) mass is 484 g/mol. The molecule has 35 heavy (non-hydrogen) atoms. The predicted octanol–water partition coefficient (Wildman–Crippen LogP) is 2.37. The Morgan fingerprint density at radius 1 is 1.06 bits per heavy atom. The molecule has 0 radical (unpaired) electrons. The summed E-state index contributed by atoms with van der Waals surface area (Å²) < 4.78 is 42.2. The van der Waals surface area contributed by atoms with Crippen molar-refractivity contribution in [1.82, 2.24) is 30.0 Å². The first-order valence-electron chi connectivity index (χ1n) is 10.2. The minimum Gasteiger partial charge on any atom is -0.399 e. The Morgan fingerprint density at radius 2 is 1.74 bits per heavy atom. The van der Waals surface area contributed by atoms with Crippen LogP contribution < -0.4 is 17.0 Å². The van der Waals surface area contributed by atoms with Crippen molar-refractivity contribution in [3.05, 3.63) is 87.1 Å². The molecule has 1 unspecified atom stereocenters. The van der Waals surface area contributed by atoms with E-state index < -0.39 is 29.1 Å². The number of benzene rings is 2. The first-order valence-corrected chi connectivity index (χ1v) is 10.2.